The standard InChI is InChI=1S/C24H49N3O3Si2/c1-4-31(2,3)23-9-7-5-6-8-10-24-32(25-11-17-28-18-12-25,26-13-19-29-20-14-26)27-15-21-30-22-16-27/h4H,1,5-24H2,2-3H3. The van der Waals surface area contributed by atoms with Crippen molar-refractivity contribution in [1.29, 1.82) is 0 Å². The molecule has 0 amide bonds. The summed E-state index contributed by atoms with van der Waals surface area (Å²) in [4.78, 5) is 0. The van der Waals surface area contributed by atoms with Crippen molar-refractivity contribution in [1.82, 2.24) is 13.7 Å². The Kier molecular flexibility index (Phi) is 11.4. The van der Waals surface area contributed by atoms with Crippen LogP contribution >= 0.6 is 0 Å². The van der Waals surface area contributed by atoms with Gasteiger partial charge in [0.15, 0.2) is 0 Å². The molecule has 0 unspecified atom stereocenters. The Morgan fingerprint density at radius 3 is 1.31 bits per heavy atom. The van der Waals surface area contributed by atoms with E-state index >= 15 is 0 Å². The molecule has 6 nitrogen and oxygen atoms in total. The lowest BCUT2D eigenvalue weighted by molar-refractivity contribution is 0.0151. The Morgan fingerprint density at radius 2 is 0.938 bits per heavy atom. The topological polar surface area (TPSA) is 37.4 Å². The van der Waals surface area contributed by atoms with Crippen LogP contribution in [0.1, 0.15) is 38.5 Å². The molecule has 3 saturated heterocycles. The Labute approximate surface area is 199 Å². The van der Waals surface area contributed by atoms with Crippen molar-refractivity contribution in [2.75, 3.05) is 78.9 Å². The highest BCUT2D eigenvalue weighted by atomic mass is 28.4. The van der Waals surface area contributed by atoms with E-state index in [0.29, 0.717) is 0 Å². The van der Waals surface area contributed by atoms with Gasteiger partial charge in [0.2, 0.25) is 0 Å². The summed E-state index contributed by atoms with van der Waals surface area (Å²) in [6.45, 7) is 20.7. The molecule has 0 spiro atoms. The van der Waals surface area contributed by atoms with Crippen LogP contribution in [0.2, 0.25) is 25.2 Å². The molecule has 3 heterocycles. The zero-order valence-electron chi connectivity index (χ0n) is 21.0. The van der Waals surface area contributed by atoms with Gasteiger partial charge in [-0.25, -0.2) is 0 Å². The summed E-state index contributed by atoms with van der Waals surface area (Å²) >= 11 is 0. The van der Waals surface area contributed by atoms with Gasteiger partial charge in [-0.05, 0) is 6.04 Å². The monoisotopic (exact) mass is 483 g/mol. The van der Waals surface area contributed by atoms with Crippen molar-refractivity contribution in [2.24, 2.45) is 0 Å². The number of rotatable bonds is 13. The predicted octanol–water partition coefficient (Wildman–Crippen LogP) is 3.70. The zero-order chi connectivity index (χ0) is 22.7. The van der Waals surface area contributed by atoms with Gasteiger partial charge in [0.25, 0.3) is 8.56 Å². The van der Waals surface area contributed by atoms with Crippen LogP contribution in [0.5, 0.6) is 0 Å². The summed E-state index contributed by atoms with van der Waals surface area (Å²) in [5.41, 5.74) is 2.25. The lowest BCUT2D eigenvalue weighted by Gasteiger charge is -2.56. The maximum absolute atomic E-state index is 5.77. The van der Waals surface area contributed by atoms with Crippen molar-refractivity contribution in [3.8, 4) is 0 Å². The van der Waals surface area contributed by atoms with Gasteiger partial charge >= 0.3 is 0 Å². The third-order valence-corrected chi connectivity index (χ3v) is 15.8. The molecule has 3 aliphatic rings. The smallest absolute Gasteiger partial charge is 0.290 e. The molecule has 0 bridgehead atoms. The van der Waals surface area contributed by atoms with E-state index in [4.69, 9.17) is 14.2 Å². The van der Waals surface area contributed by atoms with Crippen LogP contribution in [0.25, 0.3) is 0 Å². The molecule has 3 aliphatic heterocycles. The van der Waals surface area contributed by atoms with Crippen LogP contribution in [-0.4, -0.2) is 109 Å². The van der Waals surface area contributed by atoms with Gasteiger partial charge in [-0.3, -0.25) is 13.7 Å². The van der Waals surface area contributed by atoms with E-state index in [0.717, 1.165) is 78.9 Å². The molecule has 0 aromatic carbocycles. The van der Waals surface area contributed by atoms with Crippen LogP contribution in [0.15, 0.2) is 12.3 Å². The molecule has 0 N–H and O–H groups in total. The summed E-state index contributed by atoms with van der Waals surface area (Å²) in [5, 5.41) is 0. The summed E-state index contributed by atoms with van der Waals surface area (Å²) < 4.78 is 25.9. The lowest BCUT2D eigenvalue weighted by Crippen LogP contribution is -2.78. The van der Waals surface area contributed by atoms with Gasteiger partial charge in [-0.2, -0.15) is 0 Å². The Morgan fingerprint density at radius 1 is 0.594 bits per heavy atom. The third-order valence-electron chi connectivity index (χ3n) is 7.69. The fourth-order valence-electron chi connectivity index (χ4n) is 5.59. The second-order valence-corrected chi connectivity index (χ2v) is 19.2. The van der Waals surface area contributed by atoms with Crippen molar-refractivity contribution < 1.29 is 14.2 Å². The van der Waals surface area contributed by atoms with Crippen LogP contribution in [0, 0.1) is 0 Å². The highest BCUT2D eigenvalue weighted by molar-refractivity contribution is 6.82. The lowest BCUT2D eigenvalue weighted by atomic mass is 10.1. The van der Waals surface area contributed by atoms with E-state index in [2.05, 4.69) is 39.1 Å². The van der Waals surface area contributed by atoms with Crippen molar-refractivity contribution in [3.05, 3.63) is 12.3 Å². The third kappa shape index (κ3) is 7.47. The predicted molar refractivity (Wildman–Crippen MR) is 138 cm³/mol. The van der Waals surface area contributed by atoms with E-state index in [1.807, 2.05) is 0 Å². The average Bonchev–Trinajstić information content (AvgIpc) is 2.85. The first kappa shape index (κ1) is 26.5. The number of hydrogen-bond donors (Lipinski definition) is 0. The number of nitrogens with zero attached hydrogens (tertiary/aromatic N) is 3. The van der Waals surface area contributed by atoms with Gasteiger partial charge in [0, 0.05) is 39.3 Å². The SMILES string of the molecule is C=C[Si](C)(C)CCCCCCCC[Si](N1CCOCC1)(N1CCOCC1)N1CCOCC1. The van der Waals surface area contributed by atoms with E-state index in [-0.39, 0.29) is 0 Å². The molecule has 0 aliphatic carbocycles. The Bertz CT molecular complexity index is 489. The molecule has 8 heteroatoms. The quantitative estimate of drug-likeness (QED) is 0.294. The van der Waals surface area contributed by atoms with Gasteiger partial charge in [0.1, 0.15) is 0 Å². The van der Waals surface area contributed by atoms with Gasteiger partial charge in [-0.15, -0.1) is 12.3 Å². The van der Waals surface area contributed by atoms with E-state index < -0.39 is 16.6 Å². The first-order valence-electron chi connectivity index (χ1n) is 13.2. The van der Waals surface area contributed by atoms with E-state index in [9.17, 15) is 0 Å². The van der Waals surface area contributed by atoms with Gasteiger partial charge in [0.05, 0.1) is 47.7 Å². The first-order chi connectivity index (χ1) is 15.6. The minimum atomic E-state index is -1.94. The average molecular weight is 484 g/mol. The van der Waals surface area contributed by atoms with Crippen molar-refractivity contribution in [3.63, 3.8) is 0 Å². The molecule has 0 saturated carbocycles. The van der Waals surface area contributed by atoms with E-state index in [1.165, 1.54) is 50.6 Å². The maximum Gasteiger partial charge on any atom is 0.290 e. The molecule has 0 radical (unpaired) electrons. The minimum Gasteiger partial charge on any atom is -0.379 e. The normalized spacial score (nSPS) is 22.8. The molecule has 186 valence electrons. The largest absolute Gasteiger partial charge is 0.379 e. The van der Waals surface area contributed by atoms with Crippen LogP contribution in [-0.2, 0) is 14.2 Å². The van der Waals surface area contributed by atoms with Gasteiger partial charge in [-0.1, -0.05) is 57.7 Å². The molecule has 32 heavy (non-hydrogen) atoms. The summed E-state index contributed by atoms with van der Waals surface area (Å²) in [7, 11) is -3.06. The molecule has 3 rings (SSSR count). The Balaban J connectivity index is 1.57. The number of hydrogen-bond acceptors (Lipinski definition) is 6. The highest BCUT2D eigenvalue weighted by Crippen LogP contribution is 2.30. The van der Waals surface area contributed by atoms with Gasteiger partial charge < -0.3 is 14.2 Å². The fourth-order valence-corrected chi connectivity index (χ4v) is 12.5. The number of morpholine rings is 3. The highest BCUT2D eigenvalue weighted by Gasteiger charge is 2.51. The molecular weight excluding hydrogens is 434 g/mol. The second-order valence-electron chi connectivity index (χ2n) is 10.4. The zero-order valence-corrected chi connectivity index (χ0v) is 23.0. The Hall–Kier alpha value is -0.0662. The molecule has 0 aromatic heterocycles. The summed E-state index contributed by atoms with van der Waals surface area (Å²) in [5.74, 6) is 0. The minimum absolute atomic E-state index is 0.883. The summed E-state index contributed by atoms with van der Waals surface area (Å²) in [6, 6.07) is 2.75. The van der Waals surface area contributed by atoms with E-state index in [1.54, 1.807) is 0 Å². The molecule has 3 fully saturated rings. The maximum atomic E-state index is 5.77. The van der Waals surface area contributed by atoms with Crippen LogP contribution in [0.4, 0.5) is 0 Å². The number of unbranched alkanes of at least 4 members (excludes halogenated alkanes) is 5. The molecular formula is C24H49N3O3Si2. The molecule has 0 atom stereocenters. The first-order valence-corrected chi connectivity index (χ1v) is 18.5. The summed E-state index contributed by atoms with van der Waals surface area (Å²) in [6.07, 6.45) is 8.28. The van der Waals surface area contributed by atoms with Crippen LogP contribution in [0.3, 0.4) is 0 Å². The van der Waals surface area contributed by atoms with Crippen molar-refractivity contribution >= 4 is 16.6 Å². The molecule has 0 aromatic rings. The fraction of sp³-hybridized carbons (Fsp3) is 0.917. The van der Waals surface area contributed by atoms with Crippen LogP contribution < -0.4 is 0 Å². The second kappa shape index (κ2) is 13.7. The van der Waals surface area contributed by atoms with Crippen molar-refractivity contribution in [2.45, 2.75) is 63.7 Å². The number of ether oxygens (including phenoxy) is 3.